The smallest absolute Gasteiger partial charge is 0.356 e. The van der Waals surface area contributed by atoms with Gasteiger partial charge in [0.25, 0.3) is 0 Å². The standard InChI is InChI=1S/C22H22N2O3S2/c1-28-12-16-13-29-21-17(23)20(25)24(21)18(16)22(26)27-19(14-8-4-2-5-9-14)15-10-6-3-7-11-15/h2-11,17,19,21H,12-13,23H2,1H3/t17-,21-/m1/s1. The van der Waals surface area contributed by atoms with Gasteiger partial charge in [0.1, 0.15) is 17.1 Å². The van der Waals surface area contributed by atoms with Crippen LogP contribution >= 0.6 is 23.5 Å². The molecule has 0 unspecified atom stereocenters. The van der Waals surface area contributed by atoms with Gasteiger partial charge in [-0.1, -0.05) is 60.7 Å². The summed E-state index contributed by atoms with van der Waals surface area (Å²) in [4.78, 5) is 27.3. The second kappa shape index (κ2) is 8.65. The van der Waals surface area contributed by atoms with Gasteiger partial charge in [-0.2, -0.15) is 11.8 Å². The molecule has 7 heteroatoms. The van der Waals surface area contributed by atoms with Crippen LogP contribution in [0.3, 0.4) is 0 Å². The topological polar surface area (TPSA) is 72.6 Å². The molecule has 2 heterocycles. The number of amides is 1. The Balaban J connectivity index is 1.68. The summed E-state index contributed by atoms with van der Waals surface area (Å²) in [6.45, 7) is 0. The van der Waals surface area contributed by atoms with Gasteiger partial charge in [-0.05, 0) is 23.0 Å². The number of β-lactam (4-membered cyclic amide) rings is 1. The van der Waals surface area contributed by atoms with E-state index in [0.717, 1.165) is 16.7 Å². The molecule has 29 heavy (non-hydrogen) atoms. The summed E-state index contributed by atoms with van der Waals surface area (Å²) in [7, 11) is 0. The molecule has 2 aliphatic rings. The van der Waals surface area contributed by atoms with E-state index in [-0.39, 0.29) is 11.3 Å². The zero-order valence-corrected chi connectivity index (χ0v) is 17.6. The number of thioether (sulfide) groups is 2. The van der Waals surface area contributed by atoms with Crippen LogP contribution < -0.4 is 5.73 Å². The molecule has 1 saturated heterocycles. The number of benzene rings is 2. The van der Waals surface area contributed by atoms with E-state index in [4.69, 9.17) is 10.5 Å². The molecule has 150 valence electrons. The van der Waals surface area contributed by atoms with Crippen molar-refractivity contribution in [1.29, 1.82) is 0 Å². The van der Waals surface area contributed by atoms with Crippen molar-refractivity contribution in [2.45, 2.75) is 17.5 Å². The Hall–Kier alpha value is -2.22. The fraction of sp³-hybridized carbons (Fsp3) is 0.273. The van der Waals surface area contributed by atoms with E-state index in [1.807, 2.05) is 66.9 Å². The minimum absolute atomic E-state index is 0.192. The van der Waals surface area contributed by atoms with Crippen molar-refractivity contribution in [1.82, 2.24) is 4.90 Å². The van der Waals surface area contributed by atoms with Gasteiger partial charge in [-0.3, -0.25) is 9.69 Å². The maximum atomic E-state index is 13.3. The number of hydrogen-bond acceptors (Lipinski definition) is 6. The third kappa shape index (κ3) is 3.82. The number of fused-ring (bicyclic) bond motifs is 1. The highest BCUT2D eigenvalue weighted by atomic mass is 32.2. The SMILES string of the molecule is CSCC1=C(C(=O)OC(c2ccccc2)c2ccccc2)N2C(=O)[C@@H](N)[C@H]2SC1. The Bertz CT molecular complexity index is 894. The van der Waals surface area contributed by atoms with Crippen molar-refractivity contribution < 1.29 is 14.3 Å². The molecule has 1 amide bonds. The van der Waals surface area contributed by atoms with Crippen LogP contribution in [0.25, 0.3) is 0 Å². The summed E-state index contributed by atoms with van der Waals surface area (Å²) in [5.74, 6) is 0.653. The van der Waals surface area contributed by atoms with Crippen molar-refractivity contribution >= 4 is 35.4 Å². The largest absolute Gasteiger partial charge is 0.448 e. The normalized spacial score (nSPS) is 21.1. The van der Waals surface area contributed by atoms with Gasteiger partial charge in [0.15, 0.2) is 6.10 Å². The maximum absolute atomic E-state index is 13.3. The molecule has 0 spiro atoms. The number of carbonyl (C=O) groups excluding carboxylic acids is 2. The lowest BCUT2D eigenvalue weighted by molar-refractivity contribution is -0.153. The van der Waals surface area contributed by atoms with E-state index in [1.165, 1.54) is 4.90 Å². The summed E-state index contributed by atoms with van der Waals surface area (Å²) >= 11 is 3.23. The summed E-state index contributed by atoms with van der Waals surface area (Å²) < 4.78 is 6.02. The van der Waals surface area contributed by atoms with Crippen molar-refractivity contribution in [3.8, 4) is 0 Å². The number of esters is 1. The van der Waals surface area contributed by atoms with Crippen LogP contribution in [-0.2, 0) is 14.3 Å². The Kier molecular flexibility index (Phi) is 5.99. The molecule has 2 aromatic carbocycles. The molecule has 5 nitrogen and oxygen atoms in total. The zero-order chi connectivity index (χ0) is 20.4. The maximum Gasteiger partial charge on any atom is 0.356 e. The Labute approximate surface area is 178 Å². The number of nitrogens with zero attached hydrogens (tertiary/aromatic N) is 1. The number of hydrogen-bond donors (Lipinski definition) is 1. The molecule has 2 aliphatic heterocycles. The highest BCUT2D eigenvalue weighted by molar-refractivity contribution is 8.00. The molecule has 0 aliphatic carbocycles. The fourth-order valence-electron chi connectivity index (χ4n) is 3.60. The molecule has 2 aromatic rings. The summed E-state index contributed by atoms with van der Waals surface area (Å²) in [5.41, 5.74) is 9.00. The van der Waals surface area contributed by atoms with Crippen molar-refractivity contribution in [2.24, 2.45) is 5.73 Å². The number of ether oxygens (including phenoxy) is 1. The average molecular weight is 427 g/mol. The molecule has 0 radical (unpaired) electrons. The zero-order valence-electron chi connectivity index (χ0n) is 16.0. The third-order valence-electron chi connectivity index (χ3n) is 5.03. The molecular weight excluding hydrogens is 404 g/mol. The van der Waals surface area contributed by atoms with Crippen molar-refractivity contribution in [3.05, 3.63) is 83.1 Å². The van der Waals surface area contributed by atoms with Gasteiger partial charge < -0.3 is 10.5 Å². The Morgan fingerprint density at radius 2 is 1.76 bits per heavy atom. The molecule has 0 aromatic heterocycles. The van der Waals surface area contributed by atoms with Crippen LogP contribution in [0.5, 0.6) is 0 Å². The predicted molar refractivity (Wildman–Crippen MR) is 117 cm³/mol. The first-order valence-electron chi connectivity index (χ1n) is 9.34. The van der Waals surface area contributed by atoms with E-state index >= 15 is 0 Å². The van der Waals surface area contributed by atoms with Gasteiger partial charge in [-0.15, -0.1) is 11.8 Å². The Morgan fingerprint density at radius 1 is 1.17 bits per heavy atom. The summed E-state index contributed by atoms with van der Waals surface area (Å²) in [6, 6.07) is 18.7. The lowest BCUT2D eigenvalue weighted by atomic mass is 10.0. The van der Waals surface area contributed by atoms with Crippen LogP contribution in [0, 0.1) is 0 Å². The number of rotatable bonds is 6. The first-order chi connectivity index (χ1) is 14.1. The van der Waals surface area contributed by atoms with Crippen LogP contribution in [0.2, 0.25) is 0 Å². The molecule has 2 atom stereocenters. The molecule has 4 rings (SSSR count). The van der Waals surface area contributed by atoms with Gasteiger partial charge in [0, 0.05) is 11.5 Å². The van der Waals surface area contributed by atoms with Crippen LogP contribution in [0.1, 0.15) is 17.2 Å². The first-order valence-corrected chi connectivity index (χ1v) is 11.8. The monoisotopic (exact) mass is 426 g/mol. The highest BCUT2D eigenvalue weighted by Crippen LogP contribution is 2.41. The lowest BCUT2D eigenvalue weighted by Crippen LogP contribution is -2.68. The second-order valence-corrected chi connectivity index (χ2v) is 8.90. The van der Waals surface area contributed by atoms with E-state index in [2.05, 4.69) is 0 Å². The van der Waals surface area contributed by atoms with Crippen LogP contribution in [0.15, 0.2) is 71.9 Å². The quantitative estimate of drug-likeness (QED) is 0.565. The first kappa shape index (κ1) is 20.1. The van der Waals surface area contributed by atoms with Gasteiger partial charge in [-0.25, -0.2) is 4.79 Å². The average Bonchev–Trinajstić information content (AvgIpc) is 2.77. The number of nitrogens with two attached hydrogens (primary N) is 1. The van der Waals surface area contributed by atoms with E-state index in [9.17, 15) is 9.59 Å². The highest BCUT2D eigenvalue weighted by Gasteiger charge is 2.52. The van der Waals surface area contributed by atoms with Crippen LogP contribution in [0.4, 0.5) is 0 Å². The van der Waals surface area contributed by atoms with E-state index < -0.39 is 18.1 Å². The molecule has 0 saturated carbocycles. The van der Waals surface area contributed by atoms with Gasteiger partial charge in [0.05, 0.1) is 0 Å². The van der Waals surface area contributed by atoms with Gasteiger partial charge >= 0.3 is 5.97 Å². The molecule has 0 bridgehead atoms. The molecule has 2 N–H and O–H groups in total. The fourth-order valence-corrected chi connectivity index (χ4v) is 5.61. The van der Waals surface area contributed by atoms with Crippen LogP contribution in [-0.4, -0.2) is 46.0 Å². The van der Waals surface area contributed by atoms with E-state index in [1.54, 1.807) is 23.5 Å². The lowest BCUT2D eigenvalue weighted by Gasteiger charge is -2.48. The third-order valence-corrected chi connectivity index (χ3v) is 7.03. The molecule has 1 fully saturated rings. The molecular formula is C22H22N2O3S2. The minimum atomic E-state index is -0.558. The summed E-state index contributed by atoms with van der Waals surface area (Å²) in [6.07, 6.45) is 1.43. The predicted octanol–water partition coefficient (Wildman–Crippen LogP) is 3.18. The van der Waals surface area contributed by atoms with E-state index in [0.29, 0.717) is 17.2 Å². The summed E-state index contributed by atoms with van der Waals surface area (Å²) in [5, 5.41) is -0.192. The minimum Gasteiger partial charge on any atom is -0.448 e. The van der Waals surface area contributed by atoms with Crippen molar-refractivity contribution in [3.63, 3.8) is 0 Å². The number of carbonyl (C=O) groups is 2. The van der Waals surface area contributed by atoms with Gasteiger partial charge in [0.2, 0.25) is 5.91 Å². The Morgan fingerprint density at radius 3 is 2.31 bits per heavy atom. The van der Waals surface area contributed by atoms with Crippen molar-refractivity contribution in [2.75, 3.05) is 17.8 Å². The second-order valence-electron chi connectivity index (χ2n) is 6.93.